The van der Waals surface area contributed by atoms with Gasteiger partial charge in [0.25, 0.3) is 5.91 Å². The third kappa shape index (κ3) is 6.02. The fourth-order valence-electron chi connectivity index (χ4n) is 2.60. The SMILES string of the molecule is CCCNC(=O)c1cccc(NC(=O)CCc2ccc(OC)c(OC)c2)c1. The highest BCUT2D eigenvalue weighted by molar-refractivity contribution is 5.97. The molecule has 2 aromatic rings. The highest BCUT2D eigenvalue weighted by Crippen LogP contribution is 2.28. The fraction of sp³-hybridized carbons (Fsp3) is 0.333. The van der Waals surface area contributed by atoms with Crippen molar-refractivity contribution in [1.29, 1.82) is 0 Å². The summed E-state index contributed by atoms with van der Waals surface area (Å²) < 4.78 is 10.5. The van der Waals surface area contributed by atoms with Gasteiger partial charge in [-0.1, -0.05) is 19.1 Å². The van der Waals surface area contributed by atoms with Crippen LogP contribution in [0.3, 0.4) is 0 Å². The number of rotatable bonds is 9. The zero-order chi connectivity index (χ0) is 19.6. The van der Waals surface area contributed by atoms with Crippen molar-refractivity contribution < 1.29 is 19.1 Å². The molecule has 6 nitrogen and oxygen atoms in total. The Hall–Kier alpha value is -3.02. The Bertz CT molecular complexity index is 790. The van der Waals surface area contributed by atoms with Crippen molar-refractivity contribution in [2.24, 2.45) is 0 Å². The Morgan fingerprint density at radius 2 is 1.78 bits per heavy atom. The number of aryl methyl sites for hydroxylation is 1. The van der Waals surface area contributed by atoms with Gasteiger partial charge in [0.15, 0.2) is 11.5 Å². The molecule has 2 aromatic carbocycles. The lowest BCUT2D eigenvalue weighted by Gasteiger charge is -2.10. The van der Waals surface area contributed by atoms with Gasteiger partial charge in [-0.05, 0) is 48.7 Å². The molecule has 27 heavy (non-hydrogen) atoms. The first-order chi connectivity index (χ1) is 13.1. The second kappa shape index (κ2) is 10.2. The molecule has 0 bridgehead atoms. The number of anilines is 1. The minimum atomic E-state index is -0.140. The molecule has 2 amide bonds. The third-order valence-corrected chi connectivity index (χ3v) is 4.03. The molecule has 0 saturated carbocycles. The van der Waals surface area contributed by atoms with Crippen LogP contribution in [-0.4, -0.2) is 32.6 Å². The van der Waals surface area contributed by atoms with Crippen molar-refractivity contribution in [2.75, 3.05) is 26.1 Å². The van der Waals surface area contributed by atoms with Crippen molar-refractivity contribution >= 4 is 17.5 Å². The van der Waals surface area contributed by atoms with Gasteiger partial charge < -0.3 is 20.1 Å². The van der Waals surface area contributed by atoms with E-state index >= 15 is 0 Å². The summed E-state index contributed by atoms with van der Waals surface area (Å²) in [6.45, 7) is 2.62. The summed E-state index contributed by atoms with van der Waals surface area (Å²) in [5.74, 6) is 1.04. The van der Waals surface area contributed by atoms with E-state index in [1.54, 1.807) is 38.5 Å². The van der Waals surface area contributed by atoms with Crippen molar-refractivity contribution in [3.8, 4) is 11.5 Å². The first kappa shape index (κ1) is 20.3. The zero-order valence-electron chi connectivity index (χ0n) is 16.0. The molecule has 0 aliphatic rings. The molecule has 0 spiro atoms. The van der Waals surface area contributed by atoms with Gasteiger partial charge in [-0.25, -0.2) is 0 Å². The van der Waals surface area contributed by atoms with Crippen molar-refractivity contribution in [1.82, 2.24) is 5.32 Å². The van der Waals surface area contributed by atoms with Crippen LogP contribution in [0.15, 0.2) is 42.5 Å². The quantitative estimate of drug-likeness (QED) is 0.709. The third-order valence-electron chi connectivity index (χ3n) is 4.03. The molecule has 0 saturated heterocycles. The van der Waals surface area contributed by atoms with E-state index < -0.39 is 0 Å². The second-order valence-corrected chi connectivity index (χ2v) is 6.07. The van der Waals surface area contributed by atoms with Gasteiger partial charge in [-0.3, -0.25) is 9.59 Å². The molecule has 0 unspecified atom stereocenters. The standard InChI is InChI=1S/C21H26N2O4/c1-4-12-22-21(25)16-6-5-7-17(14-16)23-20(24)11-9-15-8-10-18(26-2)19(13-15)27-3/h5-8,10,13-14H,4,9,11-12H2,1-3H3,(H,22,25)(H,23,24). The van der Waals surface area contributed by atoms with E-state index in [4.69, 9.17) is 9.47 Å². The molecular formula is C21H26N2O4. The number of carbonyl (C=O) groups excluding carboxylic acids is 2. The normalized spacial score (nSPS) is 10.2. The number of amides is 2. The van der Waals surface area contributed by atoms with E-state index in [1.807, 2.05) is 25.1 Å². The number of nitrogens with one attached hydrogen (secondary N) is 2. The summed E-state index contributed by atoms with van der Waals surface area (Å²) in [6.07, 6.45) is 1.77. The van der Waals surface area contributed by atoms with Crippen LogP contribution in [0.5, 0.6) is 11.5 Å². The molecule has 6 heteroatoms. The van der Waals surface area contributed by atoms with Crippen LogP contribution < -0.4 is 20.1 Å². The van der Waals surface area contributed by atoms with Crippen molar-refractivity contribution in [3.63, 3.8) is 0 Å². The molecule has 144 valence electrons. The summed E-state index contributed by atoms with van der Waals surface area (Å²) in [6, 6.07) is 12.5. The van der Waals surface area contributed by atoms with Gasteiger partial charge >= 0.3 is 0 Å². The molecule has 0 aliphatic carbocycles. The average Bonchev–Trinajstić information content (AvgIpc) is 2.70. The topological polar surface area (TPSA) is 76.7 Å². The second-order valence-electron chi connectivity index (χ2n) is 6.07. The monoisotopic (exact) mass is 370 g/mol. The molecular weight excluding hydrogens is 344 g/mol. The first-order valence-corrected chi connectivity index (χ1v) is 8.96. The Morgan fingerprint density at radius 1 is 1.00 bits per heavy atom. The Labute approximate surface area is 159 Å². The molecule has 2 N–H and O–H groups in total. The molecule has 0 aliphatic heterocycles. The summed E-state index contributed by atoms with van der Waals surface area (Å²) in [5.41, 5.74) is 2.12. The minimum Gasteiger partial charge on any atom is -0.493 e. The number of carbonyl (C=O) groups is 2. The van der Waals surface area contributed by atoms with Crippen LogP contribution in [0.25, 0.3) is 0 Å². The van der Waals surface area contributed by atoms with Gasteiger partial charge in [0.1, 0.15) is 0 Å². The Balaban J connectivity index is 1.93. The molecule has 0 heterocycles. The van der Waals surface area contributed by atoms with Crippen LogP contribution >= 0.6 is 0 Å². The van der Waals surface area contributed by atoms with Crippen LogP contribution in [0.4, 0.5) is 5.69 Å². The number of hydrogen-bond donors (Lipinski definition) is 2. The maximum atomic E-state index is 12.2. The van der Waals surface area contributed by atoms with E-state index in [1.165, 1.54) is 0 Å². The molecule has 2 rings (SSSR count). The first-order valence-electron chi connectivity index (χ1n) is 8.96. The maximum Gasteiger partial charge on any atom is 0.251 e. The van der Waals surface area contributed by atoms with Gasteiger partial charge in [0, 0.05) is 24.2 Å². The average molecular weight is 370 g/mol. The van der Waals surface area contributed by atoms with E-state index in [2.05, 4.69) is 10.6 Å². The smallest absolute Gasteiger partial charge is 0.251 e. The van der Waals surface area contributed by atoms with E-state index in [9.17, 15) is 9.59 Å². The number of ether oxygens (including phenoxy) is 2. The predicted octanol–water partition coefficient (Wildman–Crippen LogP) is 3.41. The van der Waals surface area contributed by atoms with Gasteiger partial charge in [0.2, 0.25) is 5.91 Å². The maximum absolute atomic E-state index is 12.2. The molecule has 0 radical (unpaired) electrons. The number of benzene rings is 2. The number of hydrogen-bond acceptors (Lipinski definition) is 4. The lowest BCUT2D eigenvalue weighted by molar-refractivity contribution is -0.116. The number of methoxy groups -OCH3 is 2. The van der Waals surface area contributed by atoms with Crippen LogP contribution in [-0.2, 0) is 11.2 Å². The van der Waals surface area contributed by atoms with E-state index in [0.29, 0.717) is 42.1 Å². The van der Waals surface area contributed by atoms with Crippen LogP contribution in [0, 0.1) is 0 Å². The summed E-state index contributed by atoms with van der Waals surface area (Å²) in [4.78, 5) is 24.3. The molecule has 0 atom stereocenters. The van der Waals surface area contributed by atoms with Crippen molar-refractivity contribution in [3.05, 3.63) is 53.6 Å². The highest BCUT2D eigenvalue weighted by atomic mass is 16.5. The lowest BCUT2D eigenvalue weighted by Crippen LogP contribution is -2.24. The van der Waals surface area contributed by atoms with Crippen LogP contribution in [0.1, 0.15) is 35.7 Å². The van der Waals surface area contributed by atoms with E-state index in [0.717, 1.165) is 12.0 Å². The van der Waals surface area contributed by atoms with Gasteiger partial charge in [0.05, 0.1) is 14.2 Å². The fourth-order valence-corrected chi connectivity index (χ4v) is 2.60. The minimum absolute atomic E-state index is 0.115. The summed E-state index contributed by atoms with van der Waals surface area (Å²) in [7, 11) is 3.17. The zero-order valence-corrected chi connectivity index (χ0v) is 16.0. The van der Waals surface area contributed by atoms with Crippen LogP contribution in [0.2, 0.25) is 0 Å². The largest absolute Gasteiger partial charge is 0.493 e. The predicted molar refractivity (Wildman–Crippen MR) is 106 cm³/mol. The Morgan fingerprint density at radius 3 is 2.48 bits per heavy atom. The lowest BCUT2D eigenvalue weighted by atomic mass is 10.1. The van der Waals surface area contributed by atoms with E-state index in [-0.39, 0.29) is 11.8 Å². The molecule has 0 aromatic heterocycles. The highest BCUT2D eigenvalue weighted by Gasteiger charge is 2.09. The summed E-state index contributed by atoms with van der Waals surface area (Å²) in [5, 5.41) is 5.66. The summed E-state index contributed by atoms with van der Waals surface area (Å²) >= 11 is 0. The molecule has 0 fully saturated rings. The van der Waals surface area contributed by atoms with Gasteiger partial charge in [-0.15, -0.1) is 0 Å². The Kier molecular flexibility index (Phi) is 7.67. The van der Waals surface area contributed by atoms with Crippen molar-refractivity contribution in [2.45, 2.75) is 26.2 Å². The van der Waals surface area contributed by atoms with Gasteiger partial charge in [-0.2, -0.15) is 0 Å².